The number of hydrogen-bond acceptors (Lipinski definition) is 3. The second-order valence-electron chi connectivity index (χ2n) is 6.90. The second kappa shape index (κ2) is 5.22. The minimum Gasteiger partial charge on any atom is -0.400 e. The molecular formula is C18H22BNO2. The van der Waals surface area contributed by atoms with Crippen molar-refractivity contribution in [3.8, 4) is 0 Å². The van der Waals surface area contributed by atoms with Gasteiger partial charge in [-0.15, -0.1) is 0 Å². The van der Waals surface area contributed by atoms with Gasteiger partial charge in [0, 0.05) is 11.6 Å². The molecule has 0 atom stereocenters. The first-order chi connectivity index (χ1) is 10.3. The lowest BCUT2D eigenvalue weighted by atomic mass is 9.88. The first-order valence-corrected chi connectivity index (χ1v) is 7.68. The molecule has 0 radical (unpaired) electrons. The molecule has 22 heavy (non-hydrogen) atoms. The summed E-state index contributed by atoms with van der Waals surface area (Å²) >= 11 is 0. The van der Waals surface area contributed by atoms with Crippen LogP contribution in [0, 0.1) is 6.92 Å². The Hall–Kier alpha value is -1.65. The van der Waals surface area contributed by atoms with Crippen molar-refractivity contribution in [3.63, 3.8) is 0 Å². The highest BCUT2D eigenvalue weighted by molar-refractivity contribution is 6.52. The van der Waals surface area contributed by atoms with Crippen LogP contribution in [0.15, 0.2) is 36.4 Å². The monoisotopic (exact) mass is 295 g/mol. The van der Waals surface area contributed by atoms with Crippen molar-refractivity contribution in [3.05, 3.63) is 47.6 Å². The minimum absolute atomic E-state index is 0.307. The number of nitrogens with zero attached hydrogens (tertiary/aromatic N) is 1. The molecule has 0 N–H and O–H groups in total. The molecule has 1 saturated heterocycles. The number of aromatic nitrogens is 1. The molecule has 0 bridgehead atoms. The number of benzene rings is 1. The van der Waals surface area contributed by atoms with Crippen molar-refractivity contribution < 1.29 is 9.31 Å². The molecule has 0 saturated carbocycles. The maximum absolute atomic E-state index is 6.00. The zero-order valence-electron chi connectivity index (χ0n) is 13.9. The SMILES string of the molecule is Cc1ccc2nccc(/C=C/B3OC(C)(C)C(C)(C)O3)c2c1. The maximum Gasteiger partial charge on any atom is 0.487 e. The van der Waals surface area contributed by atoms with Crippen LogP contribution in [0.4, 0.5) is 0 Å². The van der Waals surface area contributed by atoms with Crippen molar-refractivity contribution in [2.24, 2.45) is 0 Å². The number of rotatable bonds is 2. The van der Waals surface area contributed by atoms with Crippen LogP contribution in [0.1, 0.15) is 38.8 Å². The molecule has 2 heterocycles. The van der Waals surface area contributed by atoms with Crippen LogP contribution in [0.2, 0.25) is 0 Å². The topological polar surface area (TPSA) is 31.4 Å². The average molecular weight is 295 g/mol. The molecule has 0 unspecified atom stereocenters. The van der Waals surface area contributed by atoms with E-state index in [0.717, 1.165) is 16.5 Å². The van der Waals surface area contributed by atoms with E-state index in [9.17, 15) is 0 Å². The first-order valence-electron chi connectivity index (χ1n) is 7.68. The van der Waals surface area contributed by atoms with Gasteiger partial charge in [-0.2, -0.15) is 0 Å². The van der Waals surface area contributed by atoms with Crippen molar-refractivity contribution >= 4 is 24.1 Å². The minimum atomic E-state index is -0.321. The number of fused-ring (bicyclic) bond motifs is 1. The largest absolute Gasteiger partial charge is 0.487 e. The molecule has 114 valence electrons. The molecular weight excluding hydrogens is 273 g/mol. The van der Waals surface area contributed by atoms with Crippen LogP contribution >= 0.6 is 0 Å². The third-order valence-electron chi connectivity index (χ3n) is 4.64. The van der Waals surface area contributed by atoms with Gasteiger partial charge in [-0.3, -0.25) is 4.98 Å². The fraction of sp³-hybridized carbons (Fsp3) is 0.389. The fourth-order valence-electron chi connectivity index (χ4n) is 2.58. The van der Waals surface area contributed by atoms with E-state index in [-0.39, 0.29) is 18.3 Å². The summed E-state index contributed by atoms with van der Waals surface area (Å²) in [5.74, 6) is 1.98. The summed E-state index contributed by atoms with van der Waals surface area (Å²) in [6.07, 6.45) is 3.90. The van der Waals surface area contributed by atoms with E-state index < -0.39 is 0 Å². The van der Waals surface area contributed by atoms with Crippen molar-refractivity contribution in [2.75, 3.05) is 0 Å². The summed E-state index contributed by atoms with van der Waals surface area (Å²) in [6.45, 7) is 10.3. The molecule has 1 aliphatic rings. The predicted molar refractivity (Wildman–Crippen MR) is 91.6 cm³/mol. The Morgan fingerprint density at radius 1 is 1.05 bits per heavy atom. The van der Waals surface area contributed by atoms with E-state index in [0.29, 0.717) is 0 Å². The normalized spacial score (nSPS) is 20.1. The van der Waals surface area contributed by atoms with Gasteiger partial charge in [-0.25, -0.2) is 0 Å². The lowest BCUT2D eigenvalue weighted by Crippen LogP contribution is -2.41. The van der Waals surface area contributed by atoms with Crippen LogP contribution in [-0.2, 0) is 9.31 Å². The molecule has 3 rings (SSSR count). The number of aryl methyl sites for hydroxylation is 1. The molecule has 0 aliphatic carbocycles. The van der Waals surface area contributed by atoms with Crippen LogP contribution in [0.5, 0.6) is 0 Å². The highest BCUT2D eigenvalue weighted by Gasteiger charge is 2.49. The molecule has 4 heteroatoms. The van der Waals surface area contributed by atoms with Gasteiger partial charge in [-0.1, -0.05) is 23.7 Å². The summed E-state index contributed by atoms with van der Waals surface area (Å²) in [5.41, 5.74) is 2.74. The van der Waals surface area contributed by atoms with Gasteiger partial charge in [0.1, 0.15) is 0 Å². The average Bonchev–Trinajstić information content (AvgIpc) is 2.64. The van der Waals surface area contributed by atoms with Gasteiger partial charge in [0.2, 0.25) is 0 Å². The summed E-state index contributed by atoms with van der Waals surface area (Å²) in [6, 6.07) is 8.31. The van der Waals surface area contributed by atoms with E-state index >= 15 is 0 Å². The summed E-state index contributed by atoms with van der Waals surface area (Å²) in [5, 5.41) is 1.15. The van der Waals surface area contributed by atoms with E-state index in [1.807, 2.05) is 18.2 Å². The molecule has 0 amide bonds. The van der Waals surface area contributed by atoms with Gasteiger partial charge >= 0.3 is 7.12 Å². The Bertz CT molecular complexity index is 721. The number of hydrogen-bond donors (Lipinski definition) is 0. The highest BCUT2D eigenvalue weighted by Crippen LogP contribution is 2.37. The van der Waals surface area contributed by atoms with E-state index in [2.05, 4.69) is 63.9 Å². The van der Waals surface area contributed by atoms with E-state index in [4.69, 9.17) is 9.31 Å². The van der Waals surface area contributed by atoms with Crippen molar-refractivity contribution in [2.45, 2.75) is 45.8 Å². The van der Waals surface area contributed by atoms with Crippen LogP contribution in [0.3, 0.4) is 0 Å². The maximum atomic E-state index is 6.00. The Balaban J connectivity index is 1.90. The van der Waals surface area contributed by atoms with Crippen LogP contribution in [-0.4, -0.2) is 23.3 Å². The molecule has 1 fully saturated rings. The lowest BCUT2D eigenvalue weighted by molar-refractivity contribution is 0.00578. The zero-order chi connectivity index (χ0) is 16.0. The Morgan fingerprint density at radius 2 is 1.73 bits per heavy atom. The number of pyridine rings is 1. The molecule has 1 aliphatic heterocycles. The zero-order valence-corrected chi connectivity index (χ0v) is 13.9. The van der Waals surface area contributed by atoms with Crippen molar-refractivity contribution in [1.82, 2.24) is 4.98 Å². The molecule has 1 aromatic heterocycles. The first kappa shape index (κ1) is 15.3. The van der Waals surface area contributed by atoms with Gasteiger partial charge in [-0.05, 0) is 58.4 Å². The van der Waals surface area contributed by atoms with Crippen LogP contribution < -0.4 is 0 Å². The van der Waals surface area contributed by atoms with Gasteiger partial charge < -0.3 is 9.31 Å². The smallest absolute Gasteiger partial charge is 0.400 e. The predicted octanol–water partition coefficient (Wildman–Crippen LogP) is 4.19. The molecule has 3 nitrogen and oxygen atoms in total. The fourth-order valence-corrected chi connectivity index (χ4v) is 2.58. The van der Waals surface area contributed by atoms with E-state index in [1.165, 1.54) is 5.56 Å². The van der Waals surface area contributed by atoms with Crippen LogP contribution in [0.25, 0.3) is 17.0 Å². The summed E-state index contributed by atoms with van der Waals surface area (Å²) in [4.78, 5) is 4.41. The summed E-state index contributed by atoms with van der Waals surface area (Å²) < 4.78 is 12.0. The quantitative estimate of drug-likeness (QED) is 0.779. The van der Waals surface area contributed by atoms with Crippen molar-refractivity contribution in [1.29, 1.82) is 0 Å². The highest BCUT2D eigenvalue weighted by atomic mass is 16.7. The third kappa shape index (κ3) is 2.69. The second-order valence-corrected chi connectivity index (χ2v) is 6.90. The van der Waals surface area contributed by atoms with Gasteiger partial charge in [0.25, 0.3) is 0 Å². The summed E-state index contributed by atoms with van der Waals surface area (Å²) in [7, 11) is -0.321. The van der Waals surface area contributed by atoms with Gasteiger partial charge in [0.05, 0.1) is 16.7 Å². The Morgan fingerprint density at radius 3 is 2.41 bits per heavy atom. The molecule has 1 aromatic carbocycles. The molecule has 2 aromatic rings. The molecule has 0 spiro atoms. The Labute approximate surface area is 132 Å². The lowest BCUT2D eigenvalue weighted by Gasteiger charge is -2.32. The third-order valence-corrected chi connectivity index (χ3v) is 4.64. The van der Waals surface area contributed by atoms with Gasteiger partial charge in [0.15, 0.2) is 0 Å². The standard InChI is InChI=1S/C18H22BNO2/c1-13-6-7-16-15(12-13)14(9-11-20-16)8-10-19-21-17(2,3)18(4,5)22-19/h6-12H,1-5H3/b10-8+. The Kier molecular flexibility index (Phi) is 3.62. The van der Waals surface area contributed by atoms with E-state index in [1.54, 1.807) is 0 Å².